The molecule has 0 fully saturated rings. The Morgan fingerprint density at radius 3 is 2.00 bits per heavy atom. The summed E-state index contributed by atoms with van der Waals surface area (Å²) >= 11 is 0. The van der Waals surface area contributed by atoms with Crippen LogP contribution in [-0.4, -0.2) is 32.3 Å². The molecule has 0 radical (unpaired) electrons. The van der Waals surface area contributed by atoms with Gasteiger partial charge in [-0.15, -0.1) is 0 Å². The van der Waals surface area contributed by atoms with E-state index in [9.17, 15) is 0 Å². The molecule has 1 atom stereocenters. The largest absolute Gasteiger partial charge is 0.326 e. The van der Waals surface area contributed by atoms with Crippen LogP contribution < -0.4 is 0 Å². The van der Waals surface area contributed by atoms with E-state index in [4.69, 9.17) is 0 Å². The lowest BCUT2D eigenvalue weighted by atomic mass is 10.2. The summed E-state index contributed by atoms with van der Waals surface area (Å²) in [6, 6.07) is 10.9. The van der Waals surface area contributed by atoms with Gasteiger partial charge in [0.05, 0.1) is 19.8 Å². The predicted octanol–water partition coefficient (Wildman–Crippen LogP) is 3.92. The summed E-state index contributed by atoms with van der Waals surface area (Å²) in [7, 11) is 3.67. The van der Waals surface area contributed by atoms with Crippen molar-refractivity contribution < 1.29 is 4.48 Å². The lowest BCUT2D eigenvalue weighted by Gasteiger charge is -2.44. The topological polar surface area (TPSA) is 0 Å². The summed E-state index contributed by atoms with van der Waals surface area (Å²) in [5, 5.41) is 0. The average molecular weight is 250 g/mol. The van der Waals surface area contributed by atoms with Gasteiger partial charge in [0.2, 0.25) is 0 Å². The molecule has 0 aromatic heterocycles. The molecule has 1 unspecified atom stereocenters. The summed E-state index contributed by atoms with van der Waals surface area (Å²) in [4.78, 5) is 0. The maximum Gasteiger partial charge on any atom is 0.114 e. The zero-order chi connectivity index (χ0) is 13.1. The Kier molecular flexibility index (Phi) is 4.56. The Labute approximate surface area is 108 Å². The molecule has 0 saturated heterocycles. The zero-order valence-corrected chi connectivity index (χ0v) is 13.3. The Morgan fingerprint density at radius 2 is 1.59 bits per heavy atom. The Bertz CT molecular complexity index is 338. The van der Waals surface area contributed by atoms with Crippen LogP contribution in [-0.2, 0) is 6.54 Å². The van der Waals surface area contributed by atoms with Crippen LogP contribution in [0.5, 0.6) is 0 Å². The molecule has 0 aliphatic rings. The van der Waals surface area contributed by atoms with Crippen LogP contribution in [0.15, 0.2) is 30.3 Å². The molecule has 17 heavy (non-hydrogen) atoms. The number of benzene rings is 1. The van der Waals surface area contributed by atoms with E-state index in [0.29, 0.717) is 0 Å². The molecule has 96 valence electrons. The van der Waals surface area contributed by atoms with Crippen molar-refractivity contribution in [2.45, 2.75) is 45.2 Å². The molecular formula is C15H28NSi+. The van der Waals surface area contributed by atoms with Gasteiger partial charge >= 0.3 is 0 Å². The van der Waals surface area contributed by atoms with Gasteiger partial charge in [-0.25, -0.2) is 0 Å². The molecule has 0 aliphatic heterocycles. The highest BCUT2D eigenvalue weighted by Gasteiger charge is 2.38. The molecule has 0 amide bonds. The fourth-order valence-corrected chi connectivity index (χ4v) is 6.73. The Balaban J connectivity index is 2.87. The van der Waals surface area contributed by atoms with Crippen LogP contribution in [0.3, 0.4) is 0 Å². The SMILES string of the molecule is CCC([N+](C)(C)Cc1ccccc1)[Si](C)(C)C. The third kappa shape index (κ3) is 3.97. The number of quaternary nitrogens is 1. The molecule has 0 heterocycles. The fraction of sp³-hybridized carbons (Fsp3) is 0.600. The van der Waals surface area contributed by atoms with Crippen molar-refractivity contribution in [3.63, 3.8) is 0 Å². The van der Waals surface area contributed by atoms with Crippen molar-refractivity contribution in [2.24, 2.45) is 0 Å². The quantitative estimate of drug-likeness (QED) is 0.549. The van der Waals surface area contributed by atoms with Crippen molar-refractivity contribution in [3.05, 3.63) is 35.9 Å². The van der Waals surface area contributed by atoms with E-state index in [0.717, 1.165) is 16.7 Å². The van der Waals surface area contributed by atoms with Crippen LogP contribution in [0.4, 0.5) is 0 Å². The average Bonchev–Trinajstić information content (AvgIpc) is 2.16. The lowest BCUT2D eigenvalue weighted by molar-refractivity contribution is -0.917. The lowest BCUT2D eigenvalue weighted by Crippen LogP contribution is -2.59. The fourth-order valence-electron chi connectivity index (χ4n) is 3.32. The van der Waals surface area contributed by atoms with Gasteiger partial charge in [0.15, 0.2) is 0 Å². The van der Waals surface area contributed by atoms with E-state index >= 15 is 0 Å². The molecular weight excluding hydrogens is 222 g/mol. The smallest absolute Gasteiger partial charge is 0.114 e. The summed E-state index contributed by atoms with van der Waals surface area (Å²) in [5.41, 5.74) is 2.27. The van der Waals surface area contributed by atoms with Crippen LogP contribution >= 0.6 is 0 Å². The number of hydrogen-bond donors (Lipinski definition) is 0. The first-order chi connectivity index (χ1) is 7.77. The normalized spacial score (nSPS) is 14.7. The maximum atomic E-state index is 2.49. The van der Waals surface area contributed by atoms with Crippen LogP contribution in [0.25, 0.3) is 0 Å². The van der Waals surface area contributed by atoms with Crippen molar-refractivity contribution >= 4 is 8.07 Å². The van der Waals surface area contributed by atoms with E-state index in [-0.39, 0.29) is 0 Å². The monoisotopic (exact) mass is 250 g/mol. The summed E-state index contributed by atoms with van der Waals surface area (Å²) < 4.78 is 1.12. The summed E-state index contributed by atoms with van der Waals surface area (Å²) in [6.07, 6.45) is 1.29. The van der Waals surface area contributed by atoms with Crippen molar-refractivity contribution in [3.8, 4) is 0 Å². The highest BCUT2D eigenvalue weighted by Crippen LogP contribution is 2.24. The third-order valence-corrected chi connectivity index (χ3v) is 6.77. The first-order valence-electron chi connectivity index (χ1n) is 6.64. The molecule has 1 nitrogen and oxygen atoms in total. The minimum Gasteiger partial charge on any atom is -0.326 e. The molecule has 0 aliphatic carbocycles. The molecule has 0 saturated carbocycles. The van der Waals surface area contributed by atoms with E-state index in [2.05, 4.69) is 71.0 Å². The number of nitrogens with zero attached hydrogens (tertiary/aromatic N) is 1. The second kappa shape index (κ2) is 5.36. The van der Waals surface area contributed by atoms with E-state index < -0.39 is 8.07 Å². The molecule has 0 bridgehead atoms. The van der Waals surface area contributed by atoms with E-state index in [1.165, 1.54) is 12.0 Å². The highest BCUT2D eigenvalue weighted by atomic mass is 28.3. The number of rotatable bonds is 5. The van der Waals surface area contributed by atoms with Gasteiger partial charge in [-0.2, -0.15) is 0 Å². The first kappa shape index (κ1) is 14.5. The maximum absolute atomic E-state index is 2.49. The van der Waals surface area contributed by atoms with Gasteiger partial charge in [-0.05, 0) is 6.42 Å². The molecule has 1 rings (SSSR count). The second-order valence-corrected chi connectivity index (χ2v) is 12.1. The van der Waals surface area contributed by atoms with Gasteiger partial charge in [0.25, 0.3) is 0 Å². The van der Waals surface area contributed by atoms with Gasteiger partial charge in [-0.1, -0.05) is 56.9 Å². The summed E-state index contributed by atoms with van der Waals surface area (Å²) in [6.45, 7) is 11.0. The molecule has 1 aromatic carbocycles. The third-order valence-electron chi connectivity index (χ3n) is 3.66. The van der Waals surface area contributed by atoms with Crippen LogP contribution in [0.1, 0.15) is 18.9 Å². The van der Waals surface area contributed by atoms with Crippen LogP contribution in [0.2, 0.25) is 19.6 Å². The van der Waals surface area contributed by atoms with Gasteiger partial charge < -0.3 is 4.48 Å². The van der Waals surface area contributed by atoms with Crippen molar-refractivity contribution in [1.82, 2.24) is 0 Å². The van der Waals surface area contributed by atoms with Gasteiger partial charge in [0, 0.05) is 5.56 Å². The number of hydrogen-bond acceptors (Lipinski definition) is 0. The van der Waals surface area contributed by atoms with Gasteiger partial charge in [0.1, 0.15) is 14.6 Å². The summed E-state index contributed by atoms with van der Waals surface area (Å²) in [5.74, 6) is 0. The second-order valence-electron chi connectivity index (χ2n) is 6.71. The Hall–Kier alpha value is -0.603. The zero-order valence-electron chi connectivity index (χ0n) is 12.3. The van der Waals surface area contributed by atoms with Crippen LogP contribution in [0, 0.1) is 0 Å². The standard InChI is InChI=1S/C15H28NSi/c1-7-15(17(4,5)6)16(2,3)13-14-11-9-8-10-12-14/h8-12,15H,7,13H2,1-6H3/q+1. The molecule has 2 heteroatoms. The van der Waals surface area contributed by atoms with Crippen molar-refractivity contribution in [2.75, 3.05) is 14.1 Å². The Morgan fingerprint density at radius 1 is 1.06 bits per heavy atom. The van der Waals surface area contributed by atoms with E-state index in [1.54, 1.807) is 0 Å². The molecule has 0 spiro atoms. The van der Waals surface area contributed by atoms with Gasteiger partial charge in [-0.3, -0.25) is 0 Å². The molecule has 1 aromatic rings. The highest BCUT2D eigenvalue weighted by molar-refractivity contribution is 6.77. The first-order valence-corrected chi connectivity index (χ1v) is 10.2. The van der Waals surface area contributed by atoms with Crippen molar-refractivity contribution in [1.29, 1.82) is 0 Å². The predicted molar refractivity (Wildman–Crippen MR) is 79.7 cm³/mol. The van der Waals surface area contributed by atoms with E-state index in [1.807, 2.05) is 0 Å². The minimum absolute atomic E-state index is 0.822. The molecule has 0 N–H and O–H groups in total. The minimum atomic E-state index is -1.10.